The van der Waals surface area contributed by atoms with Gasteiger partial charge in [-0.05, 0) is 80.0 Å². The van der Waals surface area contributed by atoms with Crippen LogP contribution in [0.5, 0.6) is 5.75 Å². The molecule has 0 aliphatic carbocycles. The van der Waals surface area contributed by atoms with E-state index in [4.69, 9.17) is 21.4 Å². The number of rotatable bonds is 4. The van der Waals surface area contributed by atoms with Gasteiger partial charge in [-0.15, -0.1) is 0 Å². The van der Waals surface area contributed by atoms with Crippen LogP contribution in [0.3, 0.4) is 0 Å². The Labute approximate surface area is 191 Å². The number of amides is 1. The third kappa shape index (κ3) is 4.33. The standard InChI is InChI=1S/C25H23N3O3S/c1-14-11-16(3)22-20(12-14)26-24(31-22)17-10-9-15(2)19(13-17)27-25(32)28-23(29)18-7-5-6-8-21(18)30-4/h5-13H,1-4H3,(H2,27,28,29,32). The van der Waals surface area contributed by atoms with Gasteiger partial charge >= 0.3 is 0 Å². The SMILES string of the molecule is COc1ccccc1C(=O)NC(=S)Nc1cc(-c2nc3cc(C)cc(C)c3o2)ccc1C. The number of hydrogen-bond donors (Lipinski definition) is 2. The van der Waals surface area contributed by atoms with E-state index in [9.17, 15) is 4.79 Å². The number of aromatic nitrogens is 1. The quantitative estimate of drug-likeness (QED) is 0.401. The molecule has 0 atom stereocenters. The van der Waals surface area contributed by atoms with Gasteiger partial charge in [0.25, 0.3) is 5.91 Å². The first-order valence-corrected chi connectivity index (χ1v) is 10.5. The van der Waals surface area contributed by atoms with Crippen molar-refractivity contribution < 1.29 is 13.9 Å². The predicted molar refractivity (Wildman–Crippen MR) is 130 cm³/mol. The summed E-state index contributed by atoms with van der Waals surface area (Å²) in [5, 5.41) is 5.99. The Balaban J connectivity index is 1.56. The van der Waals surface area contributed by atoms with Crippen LogP contribution >= 0.6 is 12.2 Å². The normalized spacial score (nSPS) is 10.8. The average Bonchev–Trinajstić information content (AvgIpc) is 3.19. The van der Waals surface area contributed by atoms with Crippen LogP contribution < -0.4 is 15.4 Å². The van der Waals surface area contributed by atoms with Gasteiger partial charge in [-0.25, -0.2) is 4.98 Å². The van der Waals surface area contributed by atoms with E-state index in [0.717, 1.165) is 39.0 Å². The number of thiocarbonyl (C=S) groups is 1. The summed E-state index contributed by atoms with van der Waals surface area (Å²) in [6.45, 7) is 6.00. The lowest BCUT2D eigenvalue weighted by molar-refractivity contribution is 0.0975. The highest BCUT2D eigenvalue weighted by molar-refractivity contribution is 7.80. The maximum atomic E-state index is 12.6. The van der Waals surface area contributed by atoms with Crippen molar-refractivity contribution in [2.45, 2.75) is 20.8 Å². The van der Waals surface area contributed by atoms with Crippen LogP contribution in [0.1, 0.15) is 27.0 Å². The molecule has 32 heavy (non-hydrogen) atoms. The summed E-state index contributed by atoms with van der Waals surface area (Å²) in [5.41, 5.74) is 6.72. The molecule has 0 unspecified atom stereocenters. The number of hydrogen-bond acceptors (Lipinski definition) is 5. The second kappa shape index (κ2) is 8.80. The Hall–Kier alpha value is -3.71. The first-order chi connectivity index (χ1) is 15.4. The number of carbonyl (C=O) groups excluding carboxylic acids is 1. The minimum absolute atomic E-state index is 0.185. The first-order valence-electron chi connectivity index (χ1n) is 10.1. The van der Waals surface area contributed by atoms with Gasteiger partial charge in [0, 0.05) is 11.3 Å². The molecule has 0 bridgehead atoms. The second-order valence-corrected chi connectivity index (χ2v) is 8.00. The molecule has 0 spiro atoms. The van der Waals surface area contributed by atoms with E-state index in [1.54, 1.807) is 24.3 Å². The average molecular weight is 446 g/mol. The number of oxazole rings is 1. The molecule has 6 nitrogen and oxygen atoms in total. The third-order valence-electron chi connectivity index (χ3n) is 5.13. The van der Waals surface area contributed by atoms with E-state index in [0.29, 0.717) is 17.2 Å². The summed E-state index contributed by atoms with van der Waals surface area (Å²) in [6, 6.07) is 16.9. The molecule has 7 heteroatoms. The molecule has 4 aromatic rings. The third-order valence-corrected chi connectivity index (χ3v) is 5.34. The monoisotopic (exact) mass is 445 g/mol. The van der Waals surface area contributed by atoms with E-state index in [-0.39, 0.29) is 11.0 Å². The Bertz CT molecular complexity index is 1340. The number of aryl methyl sites for hydroxylation is 3. The number of nitrogens with one attached hydrogen (secondary N) is 2. The fraction of sp³-hybridized carbons (Fsp3) is 0.160. The van der Waals surface area contributed by atoms with E-state index < -0.39 is 0 Å². The molecule has 0 saturated carbocycles. The topological polar surface area (TPSA) is 76.4 Å². The summed E-state index contributed by atoms with van der Waals surface area (Å²) in [5.74, 6) is 0.659. The van der Waals surface area contributed by atoms with Gasteiger partial charge in [0.2, 0.25) is 5.89 Å². The van der Waals surface area contributed by atoms with Gasteiger partial charge in [0.05, 0.1) is 12.7 Å². The molecule has 1 amide bonds. The fourth-order valence-corrected chi connectivity index (χ4v) is 3.75. The zero-order chi connectivity index (χ0) is 22.8. The largest absolute Gasteiger partial charge is 0.496 e. The number of benzene rings is 3. The molecule has 2 N–H and O–H groups in total. The zero-order valence-corrected chi connectivity index (χ0v) is 19.1. The molecular weight excluding hydrogens is 422 g/mol. The van der Waals surface area contributed by atoms with Crippen LogP contribution in [0.4, 0.5) is 5.69 Å². The van der Waals surface area contributed by atoms with Crippen molar-refractivity contribution in [3.8, 4) is 17.2 Å². The highest BCUT2D eigenvalue weighted by atomic mass is 32.1. The summed E-state index contributed by atoms with van der Waals surface area (Å²) >= 11 is 5.37. The van der Waals surface area contributed by atoms with Crippen molar-refractivity contribution in [1.82, 2.24) is 10.3 Å². The molecule has 0 radical (unpaired) electrons. The van der Waals surface area contributed by atoms with Crippen molar-refractivity contribution in [2.75, 3.05) is 12.4 Å². The van der Waals surface area contributed by atoms with Crippen molar-refractivity contribution >= 4 is 40.0 Å². The van der Waals surface area contributed by atoms with Gasteiger partial charge in [-0.2, -0.15) is 0 Å². The van der Waals surface area contributed by atoms with E-state index in [1.165, 1.54) is 7.11 Å². The van der Waals surface area contributed by atoms with Crippen LogP contribution in [0.25, 0.3) is 22.6 Å². The summed E-state index contributed by atoms with van der Waals surface area (Å²) in [4.78, 5) is 17.3. The number of ether oxygens (including phenoxy) is 1. The molecule has 3 aromatic carbocycles. The predicted octanol–water partition coefficient (Wildman–Crippen LogP) is 5.56. The number of nitrogens with zero attached hydrogens (tertiary/aromatic N) is 1. The zero-order valence-electron chi connectivity index (χ0n) is 18.3. The molecule has 162 valence electrons. The Morgan fingerprint density at radius 1 is 1.03 bits per heavy atom. The van der Waals surface area contributed by atoms with Crippen molar-refractivity contribution in [1.29, 1.82) is 0 Å². The highest BCUT2D eigenvalue weighted by Crippen LogP contribution is 2.30. The summed E-state index contributed by atoms with van der Waals surface area (Å²) in [7, 11) is 1.52. The van der Waals surface area contributed by atoms with E-state index in [1.807, 2.05) is 45.0 Å². The van der Waals surface area contributed by atoms with Crippen LogP contribution in [-0.4, -0.2) is 23.1 Å². The lowest BCUT2D eigenvalue weighted by Gasteiger charge is -2.13. The van der Waals surface area contributed by atoms with Crippen molar-refractivity contribution in [2.24, 2.45) is 0 Å². The highest BCUT2D eigenvalue weighted by Gasteiger charge is 2.15. The lowest BCUT2D eigenvalue weighted by Crippen LogP contribution is -2.34. The Morgan fingerprint density at radius 3 is 2.59 bits per heavy atom. The van der Waals surface area contributed by atoms with Gasteiger partial charge in [0.1, 0.15) is 11.3 Å². The number of para-hydroxylation sites is 1. The van der Waals surface area contributed by atoms with Crippen LogP contribution in [-0.2, 0) is 0 Å². The van der Waals surface area contributed by atoms with Gasteiger partial charge in [0.15, 0.2) is 10.7 Å². The van der Waals surface area contributed by atoms with E-state index >= 15 is 0 Å². The minimum Gasteiger partial charge on any atom is -0.496 e. The molecule has 0 saturated heterocycles. The van der Waals surface area contributed by atoms with Crippen LogP contribution in [0.15, 0.2) is 59.0 Å². The maximum absolute atomic E-state index is 12.6. The second-order valence-electron chi connectivity index (χ2n) is 7.59. The summed E-state index contributed by atoms with van der Waals surface area (Å²) in [6.07, 6.45) is 0. The fourth-order valence-electron chi connectivity index (χ4n) is 3.55. The van der Waals surface area contributed by atoms with Crippen molar-refractivity contribution in [3.63, 3.8) is 0 Å². The molecule has 1 aromatic heterocycles. The number of anilines is 1. The molecule has 0 fully saturated rings. The van der Waals surface area contributed by atoms with Gasteiger partial charge < -0.3 is 14.5 Å². The molecular formula is C25H23N3O3S. The molecule has 0 aliphatic rings. The lowest BCUT2D eigenvalue weighted by atomic mass is 10.1. The van der Waals surface area contributed by atoms with E-state index in [2.05, 4.69) is 21.7 Å². The summed E-state index contributed by atoms with van der Waals surface area (Å²) < 4.78 is 11.3. The molecule has 0 aliphatic heterocycles. The number of fused-ring (bicyclic) bond motifs is 1. The molecule has 1 heterocycles. The Morgan fingerprint density at radius 2 is 1.81 bits per heavy atom. The number of methoxy groups -OCH3 is 1. The number of carbonyl (C=O) groups is 1. The smallest absolute Gasteiger partial charge is 0.261 e. The Kier molecular flexibility index (Phi) is 5.92. The van der Waals surface area contributed by atoms with Crippen molar-refractivity contribution in [3.05, 3.63) is 76.9 Å². The van der Waals surface area contributed by atoms with Gasteiger partial charge in [-0.1, -0.05) is 24.3 Å². The van der Waals surface area contributed by atoms with Crippen LogP contribution in [0.2, 0.25) is 0 Å². The van der Waals surface area contributed by atoms with Crippen LogP contribution in [0, 0.1) is 20.8 Å². The first kappa shape index (κ1) is 21.5. The minimum atomic E-state index is -0.349. The maximum Gasteiger partial charge on any atom is 0.261 e. The molecule has 4 rings (SSSR count). The van der Waals surface area contributed by atoms with Gasteiger partial charge in [-0.3, -0.25) is 10.1 Å².